The van der Waals surface area contributed by atoms with Gasteiger partial charge in [-0.25, -0.2) is 0 Å². The first-order chi connectivity index (χ1) is 12.7. The van der Waals surface area contributed by atoms with E-state index in [4.69, 9.17) is 0 Å². The van der Waals surface area contributed by atoms with Crippen LogP contribution in [0, 0.1) is 0 Å². The second-order valence-corrected chi connectivity index (χ2v) is 8.59. The van der Waals surface area contributed by atoms with Crippen LogP contribution < -0.4 is 10.6 Å². The number of nitrogens with zero attached hydrogens (tertiary/aromatic N) is 2. The van der Waals surface area contributed by atoms with Crippen molar-refractivity contribution in [2.24, 2.45) is 0 Å². The lowest BCUT2D eigenvalue weighted by atomic mass is 9.45. The molecule has 0 spiro atoms. The number of benzene rings is 2. The molecule has 4 nitrogen and oxygen atoms in total. The molecule has 4 bridgehead atoms. The third-order valence-electron chi connectivity index (χ3n) is 7.73. The summed E-state index contributed by atoms with van der Waals surface area (Å²) < 4.78 is 0. The molecule has 4 aliphatic heterocycles. The monoisotopic (exact) mass is 346 g/mol. The summed E-state index contributed by atoms with van der Waals surface area (Å²) in [4.78, 5) is 5.11. The van der Waals surface area contributed by atoms with Crippen molar-refractivity contribution in [2.75, 3.05) is 37.8 Å². The maximum absolute atomic E-state index is 3.95. The molecule has 0 radical (unpaired) electrons. The first-order valence-corrected chi connectivity index (χ1v) is 9.81. The number of likely N-dealkylation sites (N-methyl/N-ethyl adjacent to an activating group) is 2. The fourth-order valence-electron chi connectivity index (χ4n) is 6.73. The standard InChI is InChI=1S/C22H26N4/c1-25-13-11-22-16-8-4-5-9-17(16)23-19(25)21(22)12-14-26(2)20(22)24-18-10-6-3-7-15(18)21/h3-10,19-20,23-24H,11-14H2,1-2H3/t19?,20?,21-,22-/m1/s1. The van der Waals surface area contributed by atoms with Gasteiger partial charge in [-0.15, -0.1) is 0 Å². The average molecular weight is 346 g/mol. The number of nitrogens with one attached hydrogen (secondary N) is 2. The molecule has 4 aliphatic rings. The normalized spacial score (nSPS) is 37.6. The van der Waals surface area contributed by atoms with E-state index in [1.165, 1.54) is 35.3 Å². The molecule has 2 N–H and O–H groups in total. The Hall–Kier alpha value is -2.04. The highest BCUT2D eigenvalue weighted by molar-refractivity contribution is 5.72. The predicted molar refractivity (Wildman–Crippen MR) is 106 cm³/mol. The van der Waals surface area contributed by atoms with Gasteiger partial charge in [-0.1, -0.05) is 36.4 Å². The molecular formula is C22H26N4. The van der Waals surface area contributed by atoms with Gasteiger partial charge in [0, 0.05) is 35.3 Å². The highest BCUT2D eigenvalue weighted by Gasteiger charge is 2.70. The number of anilines is 2. The molecule has 134 valence electrons. The molecule has 6 rings (SSSR count). The number of piperidine rings is 2. The van der Waals surface area contributed by atoms with Crippen LogP contribution in [-0.2, 0) is 10.8 Å². The summed E-state index contributed by atoms with van der Waals surface area (Å²) in [5.74, 6) is 0. The molecule has 0 aliphatic carbocycles. The van der Waals surface area contributed by atoms with Crippen LogP contribution in [0.25, 0.3) is 0 Å². The molecule has 2 aromatic rings. The van der Waals surface area contributed by atoms with E-state index in [9.17, 15) is 0 Å². The molecule has 2 aromatic carbocycles. The fourth-order valence-corrected chi connectivity index (χ4v) is 6.73. The SMILES string of the molecule is CN1CC[C@]23c4ccccc4NC1[C@]21CCN(C)C3Nc2ccccc21. The number of rotatable bonds is 0. The van der Waals surface area contributed by atoms with Crippen molar-refractivity contribution >= 4 is 11.4 Å². The smallest absolute Gasteiger partial charge is 0.0901 e. The van der Waals surface area contributed by atoms with E-state index < -0.39 is 0 Å². The molecule has 2 fully saturated rings. The van der Waals surface area contributed by atoms with Crippen LogP contribution in [0.5, 0.6) is 0 Å². The van der Waals surface area contributed by atoms with Crippen LogP contribution in [0.4, 0.5) is 11.4 Å². The summed E-state index contributed by atoms with van der Waals surface area (Å²) in [6.07, 6.45) is 3.06. The van der Waals surface area contributed by atoms with Gasteiger partial charge in [-0.3, -0.25) is 9.80 Å². The highest BCUT2D eigenvalue weighted by atomic mass is 15.4. The maximum atomic E-state index is 3.95. The molecule has 2 unspecified atom stereocenters. The molecule has 0 saturated carbocycles. The molecule has 26 heavy (non-hydrogen) atoms. The van der Waals surface area contributed by atoms with Crippen molar-refractivity contribution in [2.45, 2.75) is 36.0 Å². The van der Waals surface area contributed by atoms with Crippen LogP contribution >= 0.6 is 0 Å². The van der Waals surface area contributed by atoms with Gasteiger partial charge in [0.05, 0.1) is 12.3 Å². The van der Waals surface area contributed by atoms with E-state index in [1.54, 1.807) is 0 Å². The van der Waals surface area contributed by atoms with Crippen molar-refractivity contribution in [3.05, 3.63) is 59.7 Å². The molecule has 2 saturated heterocycles. The second kappa shape index (κ2) is 4.81. The summed E-state index contributed by atoms with van der Waals surface area (Å²) >= 11 is 0. The van der Waals surface area contributed by atoms with Crippen LogP contribution in [0.1, 0.15) is 24.0 Å². The predicted octanol–water partition coefficient (Wildman–Crippen LogP) is 3.04. The number of hydrogen-bond donors (Lipinski definition) is 2. The molecule has 0 aromatic heterocycles. The summed E-state index contributed by atoms with van der Waals surface area (Å²) in [6, 6.07) is 18.1. The number of hydrogen-bond acceptors (Lipinski definition) is 4. The quantitative estimate of drug-likeness (QED) is 0.768. The zero-order chi connectivity index (χ0) is 17.5. The van der Waals surface area contributed by atoms with Crippen LogP contribution in [0.15, 0.2) is 48.5 Å². The minimum absolute atomic E-state index is 0.105. The van der Waals surface area contributed by atoms with Crippen LogP contribution in [0.2, 0.25) is 0 Å². The minimum atomic E-state index is 0.105. The highest BCUT2D eigenvalue weighted by Crippen LogP contribution is 2.65. The Morgan fingerprint density at radius 1 is 0.731 bits per heavy atom. The lowest BCUT2D eigenvalue weighted by Gasteiger charge is -2.71. The van der Waals surface area contributed by atoms with Gasteiger partial charge in [0.1, 0.15) is 0 Å². The van der Waals surface area contributed by atoms with Gasteiger partial charge in [0.25, 0.3) is 0 Å². The summed E-state index contributed by atoms with van der Waals surface area (Å²) in [5, 5.41) is 7.91. The van der Waals surface area contributed by atoms with Gasteiger partial charge in [0.2, 0.25) is 0 Å². The maximum Gasteiger partial charge on any atom is 0.0901 e. The van der Waals surface area contributed by atoms with E-state index in [0.29, 0.717) is 12.3 Å². The lowest BCUT2D eigenvalue weighted by Crippen LogP contribution is -2.80. The number of likely N-dealkylation sites (tertiary alicyclic amines) is 2. The van der Waals surface area contributed by atoms with E-state index in [2.05, 4.69) is 83.1 Å². The number of fused-ring (bicyclic) bond motifs is 2. The average Bonchev–Trinajstić information content (AvgIpc) is 2.67. The molecule has 0 amide bonds. The molecular weight excluding hydrogens is 320 g/mol. The Labute approximate surface area is 155 Å². The largest absolute Gasteiger partial charge is 0.369 e. The zero-order valence-corrected chi connectivity index (χ0v) is 15.5. The van der Waals surface area contributed by atoms with Gasteiger partial charge >= 0.3 is 0 Å². The molecule has 4 heterocycles. The summed E-state index contributed by atoms with van der Waals surface area (Å²) in [5.41, 5.74) is 5.86. The van der Waals surface area contributed by atoms with Crippen molar-refractivity contribution in [3.63, 3.8) is 0 Å². The molecule has 4 atom stereocenters. The van der Waals surface area contributed by atoms with Crippen LogP contribution in [0.3, 0.4) is 0 Å². The van der Waals surface area contributed by atoms with E-state index in [1.807, 2.05) is 0 Å². The lowest BCUT2D eigenvalue weighted by molar-refractivity contribution is -0.0691. The Bertz CT molecular complexity index is 822. The van der Waals surface area contributed by atoms with Crippen molar-refractivity contribution in [1.82, 2.24) is 9.80 Å². The zero-order valence-electron chi connectivity index (χ0n) is 15.5. The summed E-state index contributed by atoms with van der Waals surface area (Å²) in [6.45, 7) is 2.25. The van der Waals surface area contributed by atoms with Crippen molar-refractivity contribution < 1.29 is 0 Å². The fraction of sp³-hybridized carbons (Fsp3) is 0.455. The third kappa shape index (κ3) is 1.47. The topological polar surface area (TPSA) is 30.5 Å². The Morgan fingerprint density at radius 2 is 1.15 bits per heavy atom. The van der Waals surface area contributed by atoms with E-state index >= 15 is 0 Å². The first kappa shape index (κ1) is 15.1. The van der Waals surface area contributed by atoms with Crippen molar-refractivity contribution in [3.8, 4) is 0 Å². The first-order valence-electron chi connectivity index (χ1n) is 9.81. The third-order valence-corrected chi connectivity index (χ3v) is 7.73. The number of para-hydroxylation sites is 2. The second-order valence-electron chi connectivity index (χ2n) is 8.59. The van der Waals surface area contributed by atoms with Gasteiger partial charge in [-0.05, 0) is 50.2 Å². The Morgan fingerprint density at radius 3 is 1.62 bits per heavy atom. The Balaban J connectivity index is 1.75. The minimum Gasteiger partial charge on any atom is -0.369 e. The van der Waals surface area contributed by atoms with Crippen molar-refractivity contribution in [1.29, 1.82) is 0 Å². The van der Waals surface area contributed by atoms with E-state index in [0.717, 1.165) is 13.1 Å². The van der Waals surface area contributed by atoms with Crippen LogP contribution in [-0.4, -0.2) is 49.3 Å². The molecule has 4 heteroatoms. The van der Waals surface area contributed by atoms with Gasteiger partial charge < -0.3 is 10.6 Å². The van der Waals surface area contributed by atoms with Gasteiger partial charge in [0.15, 0.2) is 0 Å². The summed E-state index contributed by atoms with van der Waals surface area (Å²) in [7, 11) is 4.59. The Kier molecular flexibility index (Phi) is 2.79. The van der Waals surface area contributed by atoms with Gasteiger partial charge in [-0.2, -0.15) is 0 Å². The van der Waals surface area contributed by atoms with E-state index in [-0.39, 0.29) is 10.8 Å².